The van der Waals surface area contributed by atoms with Gasteiger partial charge in [-0.3, -0.25) is 0 Å². The molecule has 0 radical (unpaired) electrons. The monoisotopic (exact) mass is 638 g/mol. The normalized spacial score (nSPS) is 11.2. The smallest absolute Gasteiger partial charge is 0.0541 e. The van der Waals surface area contributed by atoms with Crippen molar-refractivity contribution in [1.29, 1.82) is 0 Å². The third kappa shape index (κ3) is 5.34. The first-order valence-electron chi connectivity index (χ1n) is 17.1. The Labute approximate surface area is 292 Å². The molecule has 0 bridgehead atoms. The molecule has 9 rings (SSSR count). The Morgan fingerprint density at radius 1 is 0.300 bits per heavy atom. The number of nitrogens with zero attached hydrogens (tertiary/aromatic N) is 2. The van der Waals surface area contributed by atoms with Crippen LogP contribution in [-0.4, -0.2) is 4.57 Å². The molecule has 9 aromatic rings. The fraction of sp³-hybridized carbons (Fsp3) is 0. The van der Waals surface area contributed by atoms with E-state index in [1.54, 1.807) is 0 Å². The maximum absolute atomic E-state index is 2.41. The summed E-state index contributed by atoms with van der Waals surface area (Å²) < 4.78 is 2.41. The van der Waals surface area contributed by atoms with Gasteiger partial charge >= 0.3 is 0 Å². The average molecular weight is 639 g/mol. The van der Waals surface area contributed by atoms with Crippen molar-refractivity contribution in [1.82, 2.24) is 4.57 Å². The number of fused-ring (bicyclic) bond motifs is 3. The molecule has 236 valence electrons. The highest BCUT2D eigenvalue weighted by atomic mass is 15.1. The Morgan fingerprint density at radius 3 is 1.38 bits per heavy atom. The molecule has 1 heterocycles. The van der Waals surface area contributed by atoms with Crippen LogP contribution in [0, 0.1) is 0 Å². The van der Waals surface area contributed by atoms with Crippen LogP contribution >= 0.6 is 0 Å². The predicted octanol–water partition coefficient (Wildman–Crippen LogP) is 13.3. The number of anilines is 3. The molecule has 50 heavy (non-hydrogen) atoms. The SMILES string of the molecule is c1ccc(-c2ccc(N(c3ccccc3)c3ccc(-c4cccc(-c5ccccc5-n5c6ccccc6c6ccccc65)c4)cc3)cc2)cc1. The van der Waals surface area contributed by atoms with E-state index in [2.05, 4.69) is 216 Å². The van der Waals surface area contributed by atoms with Gasteiger partial charge in [0.15, 0.2) is 0 Å². The molecule has 0 amide bonds. The molecule has 0 saturated carbocycles. The third-order valence-corrected chi connectivity index (χ3v) is 9.60. The molecule has 2 nitrogen and oxygen atoms in total. The van der Waals surface area contributed by atoms with E-state index in [9.17, 15) is 0 Å². The number of rotatable bonds is 7. The Bertz CT molecular complexity index is 2510. The van der Waals surface area contributed by atoms with Gasteiger partial charge in [-0.25, -0.2) is 0 Å². The van der Waals surface area contributed by atoms with E-state index in [4.69, 9.17) is 0 Å². The van der Waals surface area contributed by atoms with Crippen LogP contribution < -0.4 is 4.90 Å². The van der Waals surface area contributed by atoms with Crippen LogP contribution in [0.3, 0.4) is 0 Å². The van der Waals surface area contributed by atoms with Crippen molar-refractivity contribution in [2.45, 2.75) is 0 Å². The molecule has 0 unspecified atom stereocenters. The van der Waals surface area contributed by atoms with Crippen LogP contribution in [0.5, 0.6) is 0 Å². The highest BCUT2D eigenvalue weighted by molar-refractivity contribution is 6.09. The first-order chi connectivity index (χ1) is 24.8. The standard InChI is InChI=1S/C48H34N2/c1-3-14-35(15-4-1)36-26-30-41(31-27-36)49(40-18-5-2-6-19-40)42-32-28-37(29-33-42)38-16-13-17-39(34-38)43-20-7-10-23-46(43)50-47-24-11-8-21-44(47)45-22-9-12-25-48(45)50/h1-34H. The van der Waals surface area contributed by atoms with Crippen molar-refractivity contribution in [3.8, 4) is 39.1 Å². The van der Waals surface area contributed by atoms with Gasteiger partial charge in [0.05, 0.1) is 16.7 Å². The largest absolute Gasteiger partial charge is 0.311 e. The summed E-state index contributed by atoms with van der Waals surface area (Å²) in [6, 6.07) is 73.9. The van der Waals surface area contributed by atoms with E-state index in [1.807, 2.05) is 0 Å². The zero-order valence-corrected chi connectivity index (χ0v) is 27.5. The molecule has 0 N–H and O–H groups in total. The van der Waals surface area contributed by atoms with E-state index in [-0.39, 0.29) is 0 Å². The summed E-state index contributed by atoms with van der Waals surface area (Å²) in [5, 5.41) is 2.53. The lowest BCUT2D eigenvalue weighted by Gasteiger charge is -2.26. The van der Waals surface area contributed by atoms with Gasteiger partial charge in [0.2, 0.25) is 0 Å². The molecule has 1 aromatic heterocycles. The van der Waals surface area contributed by atoms with Crippen molar-refractivity contribution in [2.75, 3.05) is 4.90 Å². The minimum Gasteiger partial charge on any atom is -0.311 e. The van der Waals surface area contributed by atoms with Gasteiger partial charge in [-0.05, 0) is 88.5 Å². The molecule has 0 atom stereocenters. The molecule has 0 aliphatic heterocycles. The second kappa shape index (κ2) is 12.8. The molecule has 0 aliphatic carbocycles. The van der Waals surface area contributed by atoms with Crippen molar-refractivity contribution in [3.05, 3.63) is 206 Å². The molecule has 0 saturated heterocycles. The van der Waals surface area contributed by atoms with Crippen LogP contribution in [-0.2, 0) is 0 Å². The van der Waals surface area contributed by atoms with Gasteiger partial charge in [0, 0.05) is 33.4 Å². The van der Waals surface area contributed by atoms with Gasteiger partial charge < -0.3 is 9.47 Å². The second-order valence-electron chi connectivity index (χ2n) is 12.6. The van der Waals surface area contributed by atoms with Crippen LogP contribution in [0.4, 0.5) is 17.1 Å². The zero-order chi connectivity index (χ0) is 33.3. The Hall–Kier alpha value is -6.64. The number of hydrogen-bond acceptors (Lipinski definition) is 1. The quantitative estimate of drug-likeness (QED) is 0.169. The first kappa shape index (κ1) is 29.5. The third-order valence-electron chi connectivity index (χ3n) is 9.60. The van der Waals surface area contributed by atoms with E-state index < -0.39 is 0 Å². The first-order valence-corrected chi connectivity index (χ1v) is 17.1. The van der Waals surface area contributed by atoms with Gasteiger partial charge in [0.25, 0.3) is 0 Å². The summed E-state index contributed by atoms with van der Waals surface area (Å²) in [6.45, 7) is 0. The maximum atomic E-state index is 2.41. The van der Waals surface area contributed by atoms with Crippen molar-refractivity contribution in [3.63, 3.8) is 0 Å². The van der Waals surface area contributed by atoms with Crippen LogP contribution in [0.2, 0.25) is 0 Å². The summed E-state index contributed by atoms with van der Waals surface area (Å²) >= 11 is 0. The molecule has 0 aliphatic rings. The summed E-state index contributed by atoms with van der Waals surface area (Å²) in [4.78, 5) is 2.32. The van der Waals surface area contributed by atoms with E-state index in [1.165, 1.54) is 60.9 Å². The molecular formula is C48H34N2. The minimum atomic E-state index is 1.11. The number of para-hydroxylation sites is 4. The maximum Gasteiger partial charge on any atom is 0.0541 e. The van der Waals surface area contributed by atoms with E-state index in [0.717, 1.165) is 17.1 Å². The molecular weight excluding hydrogens is 605 g/mol. The Kier molecular flexibility index (Phi) is 7.53. The van der Waals surface area contributed by atoms with Crippen LogP contribution in [0.25, 0.3) is 60.9 Å². The molecule has 0 fully saturated rings. The fourth-order valence-corrected chi connectivity index (χ4v) is 7.22. The highest BCUT2D eigenvalue weighted by Gasteiger charge is 2.16. The Balaban J connectivity index is 1.08. The van der Waals surface area contributed by atoms with Crippen LogP contribution in [0.1, 0.15) is 0 Å². The summed E-state index contributed by atoms with van der Waals surface area (Å²) in [6.07, 6.45) is 0. The van der Waals surface area contributed by atoms with E-state index in [0.29, 0.717) is 0 Å². The van der Waals surface area contributed by atoms with Crippen molar-refractivity contribution in [2.24, 2.45) is 0 Å². The summed E-state index contributed by atoms with van der Waals surface area (Å²) in [7, 11) is 0. The predicted molar refractivity (Wildman–Crippen MR) is 212 cm³/mol. The lowest BCUT2D eigenvalue weighted by atomic mass is 9.97. The van der Waals surface area contributed by atoms with Gasteiger partial charge in [0.1, 0.15) is 0 Å². The van der Waals surface area contributed by atoms with E-state index >= 15 is 0 Å². The average Bonchev–Trinajstić information content (AvgIpc) is 3.54. The lowest BCUT2D eigenvalue weighted by Crippen LogP contribution is -2.09. The fourth-order valence-electron chi connectivity index (χ4n) is 7.22. The molecule has 2 heteroatoms. The van der Waals surface area contributed by atoms with Gasteiger partial charge in [-0.1, -0.05) is 146 Å². The van der Waals surface area contributed by atoms with Gasteiger partial charge in [-0.15, -0.1) is 0 Å². The number of hydrogen-bond donors (Lipinski definition) is 0. The number of aromatic nitrogens is 1. The Morgan fingerprint density at radius 2 is 0.740 bits per heavy atom. The zero-order valence-electron chi connectivity index (χ0n) is 27.5. The van der Waals surface area contributed by atoms with Crippen LogP contribution in [0.15, 0.2) is 206 Å². The molecule has 8 aromatic carbocycles. The van der Waals surface area contributed by atoms with Crippen molar-refractivity contribution >= 4 is 38.9 Å². The summed E-state index contributed by atoms with van der Waals surface area (Å²) in [5.74, 6) is 0. The highest BCUT2D eigenvalue weighted by Crippen LogP contribution is 2.39. The second-order valence-corrected chi connectivity index (χ2v) is 12.6. The lowest BCUT2D eigenvalue weighted by molar-refractivity contribution is 1.18. The number of benzene rings is 8. The minimum absolute atomic E-state index is 1.11. The summed E-state index contributed by atoms with van der Waals surface area (Å²) in [5.41, 5.74) is 14.1. The molecule has 0 spiro atoms. The topological polar surface area (TPSA) is 8.17 Å². The van der Waals surface area contributed by atoms with Crippen molar-refractivity contribution < 1.29 is 0 Å². The van der Waals surface area contributed by atoms with Gasteiger partial charge in [-0.2, -0.15) is 0 Å².